The Morgan fingerprint density at radius 3 is 2.09 bits per heavy atom. The zero-order chi connectivity index (χ0) is 23.7. The number of carbonyl (C=O) groups excluding carboxylic acids is 2. The lowest BCUT2D eigenvalue weighted by Crippen LogP contribution is -2.49. The monoisotopic (exact) mass is 473 g/mol. The van der Waals surface area contributed by atoms with Crippen molar-refractivity contribution in [3.63, 3.8) is 0 Å². The standard InChI is InChI=1S/C20H19F4N3O4S/c1-13(28)26-8-10-27(11-9-26)32(30,31)16-5-2-14(3-6-16)19(29)25-15-4-7-18(21)17(12-15)20(22,23)24/h2-7,12H,8-11H2,1H3,(H,25,29). The quantitative estimate of drug-likeness (QED) is 0.692. The maximum absolute atomic E-state index is 13.4. The molecule has 0 atom stereocenters. The van der Waals surface area contributed by atoms with Gasteiger partial charge in [0.25, 0.3) is 5.91 Å². The molecule has 0 radical (unpaired) electrons. The highest BCUT2D eigenvalue weighted by molar-refractivity contribution is 7.89. The molecule has 2 aromatic carbocycles. The molecule has 1 N–H and O–H groups in total. The predicted molar refractivity (Wildman–Crippen MR) is 107 cm³/mol. The first-order valence-electron chi connectivity index (χ1n) is 9.43. The largest absolute Gasteiger partial charge is 0.419 e. The molecule has 2 amide bonds. The van der Waals surface area contributed by atoms with Crippen LogP contribution in [-0.4, -0.2) is 55.6 Å². The third-order valence-corrected chi connectivity index (χ3v) is 6.88. The lowest BCUT2D eigenvalue weighted by Gasteiger charge is -2.33. The molecule has 1 aliphatic rings. The van der Waals surface area contributed by atoms with Crippen LogP contribution in [0.1, 0.15) is 22.8 Å². The van der Waals surface area contributed by atoms with Crippen molar-refractivity contribution >= 4 is 27.5 Å². The normalized spacial score (nSPS) is 15.5. The number of rotatable bonds is 4. The summed E-state index contributed by atoms with van der Waals surface area (Å²) in [6.07, 6.45) is -4.92. The van der Waals surface area contributed by atoms with Gasteiger partial charge in [0.1, 0.15) is 5.82 Å². The molecule has 7 nitrogen and oxygen atoms in total. The highest BCUT2D eigenvalue weighted by Crippen LogP contribution is 2.33. The number of hydrogen-bond acceptors (Lipinski definition) is 4. The van der Waals surface area contributed by atoms with Crippen LogP contribution in [0.4, 0.5) is 23.2 Å². The van der Waals surface area contributed by atoms with Crippen molar-refractivity contribution in [3.8, 4) is 0 Å². The minimum absolute atomic E-state index is 0.00299. The zero-order valence-corrected chi connectivity index (χ0v) is 17.6. The molecule has 0 bridgehead atoms. The lowest BCUT2D eigenvalue weighted by atomic mass is 10.1. The van der Waals surface area contributed by atoms with Crippen molar-refractivity contribution in [2.24, 2.45) is 0 Å². The number of anilines is 1. The Bertz CT molecular complexity index is 1130. The molecule has 3 rings (SSSR count). The first kappa shape index (κ1) is 23.7. The van der Waals surface area contributed by atoms with Crippen LogP contribution in [0.15, 0.2) is 47.4 Å². The Balaban J connectivity index is 1.72. The number of piperazine rings is 1. The third kappa shape index (κ3) is 5.07. The number of alkyl halides is 3. The molecule has 1 aliphatic heterocycles. The molecule has 0 saturated carbocycles. The van der Waals surface area contributed by atoms with Crippen molar-refractivity contribution in [1.29, 1.82) is 0 Å². The molecular weight excluding hydrogens is 454 g/mol. The Morgan fingerprint density at radius 2 is 1.56 bits per heavy atom. The van der Waals surface area contributed by atoms with Gasteiger partial charge in [0.05, 0.1) is 10.5 Å². The van der Waals surface area contributed by atoms with Gasteiger partial charge < -0.3 is 10.2 Å². The fourth-order valence-electron chi connectivity index (χ4n) is 3.19. The average Bonchev–Trinajstić information content (AvgIpc) is 2.74. The van der Waals surface area contributed by atoms with Gasteiger partial charge in [0.2, 0.25) is 15.9 Å². The summed E-state index contributed by atoms with van der Waals surface area (Å²) in [6.45, 7) is 2.22. The van der Waals surface area contributed by atoms with Crippen LogP contribution in [0.2, 0.25) is 0 Å². The van der Waals surface area contributed by atoms with Crippen LogP contribution in [0.5, 0.6) is 0 Å². The van der Waals surface area contributed by atoms with Gasteiger partial charge in [-0.2, -0.15) is 17.5 Å². The minimum Gasteiger partial charge on any atom is -0.340 e. The summed E-state index contributed by atoms with van der Waals surface area (Å²) in [4.78, 5) is 25.2. The van der Waals surface area contributed by atoms with Crippen LogP contribution in [0, 0.1) is 5.82 Å². The van der Waals surface area contributed by atoms with Crippen LogP contribution >= 0.6 is 0 Å². The fraction of sp³-hybridized carbons (Fsp3) is 0.300. The van der Waals surface area contributed by atoms with E-state index in [0.717, 1.165) is 6.07 Å². The highest BCUT2D eigenvalue weighted by atomic mass is 32.2. The van der Waals surface area contributed by atoms with Crippen LogP contribution in [0.3, 0.4) is 0 Å². The number of nitrogens with zero attached hydrogens (tertiary/aromatic N) is 2. The molecule has 1 saturated heterocycles. The first-order chi connectivity index (χ1) is 14.9. The summed E-state index contributed by atoms with van der Waals surface area (Å²) in [5, 5.41) is 2.23. The molecule has 1 fully saturated rings. The number of nitrogens with one attached hydrogen (secondary N) is 1. The second-order valence-corrected chi connectivity index (χ2v) is 9.02. The van der Waals surface area contributed by atoms with E-state index in [1.54, 1.807) is 4.90 Å². The second-order valence-electron chi connectivity index (χ2n) is 7.08. The van der Waals surface area contributed by atoms with E-state index in [1.807, 2.05) is 0 Å². The topological polar surface area (TPSA) is 86.8 Å². The molecule has 12 heteroatoms. The van der Waals surface area contributed by atoms with Gasteiger partial charge in [0.15, 0.2) is 0 Å². The SMILES string of the molecule is CC(=O)N1CCN(S(=O)(=O)c2ccc(C(=O)Nc3ccc(F)c(C(F)(F)F)c3)cc2)CC1. The Labute approximate surface area is 181 Å². The molecule has 32 heavy (non-hydrogen) atoms. The highest BCUT2D eigenvalue weighted by Gasteiger charge is 2.34. The molecule has 172 valence electrons. The molecule has 2 aromatic rings. The summed E-state index contributed by atoms with van der Waals surface area (Å²) in [5.74, 6) is -2.39. The van der Waals surface area contributed by atoms with Crippen molar-refractivity contribution in [1.82, 2.24) is 9.21 Å². The van der Waals surface area contributed by atoms with Crippen molar-refractivity contribution in [3.05, 3.63) is 59.4 Å². The number of benzene rings is 2. The van der Waals surface area contributed by atoms with Gasteiger partial charge in [0, 0.05) is 44.4 Å². The third-order valence-electron chi connectivity index (χ3n) is 4.97. The molecule has 0 spiro atoms. The number of halogens is 4. The lowest BCUT2D eigenvalue weighted by molar-refractivity contribution is -0.140. The first-order valence-corrected chi connectivity index (χ1v) is 10.9. The maximum Gasteiger partial charge on any atom is 0.419 e. The number of sulfonamides is 1. The van der Waals surface area contributed by atoms with Crippen molar-refractivity contribution < 1.29 is 35.6 Å². The van der Waals surface area contributed by atoms with E-state index in [1.165, 1.54) is 35.5 Å². The molecular formula is C20H19F4N3O4S. The van der Waals surface area contributed by atoms with Crippen molar-refractivity contribution in [2.75, 3.05) is 31.5 Å². The maximum atomic E-state index is 13.4. The average molecular weight is 473 g/mol. The van der Waals surface area contributed by atoms with E-state index < -0.39 is 33.5 Å². The Kier molecular flexibility index (Phi) is 6.56. The van der Waals surface area contributed by atoms with Gasteiger partial charge in [-0.25, -0.2) is 12.8 Å². The second kappa shape index (κ2) is 8.87. The molecule has 1 heterocycles. The van der Waals surface area contributed by atoms with Gasteiger partial charge in [-0.15, -0.1) is 0 Å². The summed E-state index contributed by atoms with van der Waals surface area (Å²) >= 11 is 0. The number of carbonyl (C=O) groups is 2. The van der Waals surface area contributed by atoms with E-state index in [4.69, 9.17) is 0 Å². The summed E-state index contributed by atoms with van der Waals surface area (Å²) in [7, 11) is -3.84. The summed E-state index contributed by atoms with van der Waals surface area (Å²) in [6, 6.07) is 6.94. The Hall–Kier alpha value is -2.99. The van der Waals surface area contributed by atoms with Crippen molar-refractivity contribution in [2.45, 2.75) is 18.0 Å². The van der Waals surface area contributed by atoms with Crippen LogP contribution in [0.25, 0.3) is 0 Å². The summed E-state index contributed by atoms with van der Waals surface area (Å²) in [5.41, 5.74) is -1.77. The molecule has 0 aliphatic carbocycles. The molecule has 0 aromatic heterocycles. The smallest absolute Gasteiger partial charge is 0.340 e. The Morgan fingerprint density at radius 1 is 0.969 bits per heavy atom. The fourth-order valence-corrected chi connectivity index (χ4v) is 4.62. The van der Waals surface area contributed by atoms with Crippen LogP contribution < -0.4 is 5.32 Å². The van der Waals surface area contributed by atoms with Gasteiger partial charge in [-0.05, 0) is 42.5 Å². The van der Waals surface area contributed by atoms with E-state index in [-0.39, 0.29) is 48.2 Å². The minimum atomic E-state index is -4.92. The van der Waals surface area contributed by atoms with Gasteiger partial charge in [-0.1, -0.05) is 0 Å². The van der Waals surface area contributed by atoms with E-state index in [9.17, 15) is 35.6 Å². The summed E-state index contributed by atoms with van der Waals surface area (Å²) < 4.78 is 78.7. The number of hydrogen-bond donors (Lipinski definition) is 1. The zero-order valence-electron chi connectivity index (χ0n) is 16.8. The van der Waals surface area contributed by atoms with E-state index in [0.29, 0.717) is 12.1 Å². The van der Waals surface area contributed by atoms with E-state index in [2.05, 4.69) is 5.32 Å². The van der Waals surface area contributed by atoms with Crippen LogP contribution in [-0.2, 0) is 21.0 Å². The predicted octanol–water partition coefficient (Wildman–Crippen LogP) is 2.95. The molecule has 0 unspecified atom stereocenters. The van der Waals surface area contributed by atoms with Gasteiger partial charge in [-0.3, -0.25) is 9.59 Å². The number of amides is 2. The van der Waals surface area contributed by atoms with E-state index >= 15 is 0 Å². The van der Waals surface area contributed by atoms with Gasteiger partial charge >= 0.3 is 6.18 Å².